The SMILES string of the molecule is CCC1CCC(N(C)C(=O)c2ccc(Br)cc2F)CC1. The van der Waals surface area contributed by atoms with Gasteiger partial charge in [-0.2, -0.15) is 0 Å². The van der Waals surface area contributed by atoms with E-state index in [0.29, 0.717) is 4.47 Å². The molecule has 0 radical (unpaired) electrons. The summed E-state index contributed by atoms with van der Waals surface area (Å²) in [5.74, 6) is 0.118. The Bertz CT molecular complexity index is 483. The molecule has 1 aliphatic rings. The first-order valence-electron chi connectivity index (χ1n) is 7.25. The fourth-order valence-electron chi connectivity index (χ4n) is 2.96. The van der Waals surface area contributed by atoms with Crippen LogP contribution in [0.25, 0.3) is 0 Å². The molecule has 0 atom stereocenters. The summed E-state index contributed by atoms with van der Waals surface area (Å²) in [6.07, 6.45) is 5.60. The second-order valence-corrected chi connectivity index (χ2v) is 6.54. The van der Waals surface area contributed by atoms with Gasteiger partial charge < -0.3 is 4.90 Å². The highest BCUT2D eigenvalue weighted by Gasteiger charge is 2.27. The predicted octanol–water partition coefficient (Wildman–Crippen LogP) is 4.63. The van der Waals surface area contributed by atoms with Gasteiger partial charge in [0.2, 0.25) is 0 Å². The second kappa shape index (κ2) is 6.70. The van der Waals surface area contributed by atoms with Crippen LogP contribution in [0.2, 0.25) is 0 Å². The quantitative estimate of drug-likeness (QED) is 0.784. The van der Waals surface area contributed by atoms with E-state index in [1.165, 1.54) is 25.3 Å². The lowest BCUT2D eigenvalue weighted by atomic mass is 9.84. The molecule has 1 aliphatic carbocycles. The molecule has 1 aromatic rings. The zero-order valence-electron chi connectivity index (χ0n) is 12.0. The normalized spacial score (nSPS) is 22.6. The monoisotopic (exact) mass is 341 g/mol. The average molecular weight is 342 g/mol. The number of hydrogen-bond acceptors (Lipinski definition) is 1. The van der Waals surface area contributed by atoms with Crippen molar-refractivity contribution in [1.82, 2.24) is 4.90 Å². The van der Waals surface area contributed by atoms with Crippen LogP contribution in [0, 0.1) is 11.7 Å². The smallest absolute Gasteiger partial charge is 0.256 e. The van der Waals surface area contributed by atoms with Crippen LogP contribution < -0.4 is 0 Å². The van der Waals surface area contributed by atoms with Crippen molar-refractivity contribution in [2.75, 3.05) is 7.05 Å². The summed E-state index contributed by atoms with van der Waals surface area (Å²) in [6, 6.07) is 4.84. The molecule has 2 rings (SSSR count). The van der Waals surface area contributed by atoms with Crippen molar-refractivity contribution in [3.05, 3.63) is 34.1 Å². The highest BCUT2D eigenvalue weighted by Crippen LogP contribution is 2.29. The standard InChI is InChI=1S/C16H21BrFNO/c1-3-11-4-7-13(8-5-11)19(2)16(20)14-9-6-12(17)10-15(14)18/h6,9-11,13H,3-5,7-8H2,1-2H3. The third kappa shape index (κ3) is 3.40. The summed E-state index contributed by atoms with van der Waals surface area (Å²) in [5.41, 5.74) is 0.160. The van der Waals surface area contributed by atoms with Gasteiger partial charge >= 0.3 is 0 Å². The Hall–Kier alpha value is -0.900. The summed E-state index contributed by atoms with van der Waals surface area (Å²) in [7, 11) is 1.79. The number of nitrogens with zero attached hydrogens (tertiary/aromatic N) is 1. The van der Waals surface area contributed by atoms with Gasteiger partial charge in [-0.05, 0) is 49.8 Å². The maximum atomic E-state index is 13.9. The van der Waals surface area contributed by atoms with Crippen LogP contribution in [0.1, 0.15) is 49.4 Å². The van der Waals surface area contributed by atoms with E-state index < -0.39 is 5.82 Å². The van der Waals surface area contributed by atoms with E-state index in [2.05, 4.69) is 22.9 Å². The van der Waals surface area contributed by atoms with E-state index in [0.717, 1.165) is 18.8 Å². The molecule has 110 valence electrons. The lowest BCUT2D eigenvalue weighted by molar-refractivity contribution is 0.0670. The molecular weight excluding hydrogens is 321 g/mol. The van der Waals surface area contributed by atoms with Crippen LogP contribution in [0.5, 0.6) is 0 Å². The Kier molecular flexibility index (Phi) is 5.19. The van der Waals surface area contributed by atoms with Crippen molar-refractivity contribution in [3.63, 3.8) is 0 Å². The van der Waals surface area contributed by atoms with Crippen molar-refractivity contribution in [2.45, 2.75) is 45.1 Å². The largest absolute Gasteiger partial charge is 0.339 e. The first kappa shape index (κ1) is 15.5. The van der Waals surface area contributed by atoms with E-state index in [-0.39, 0.29) is 17.5 Å². The van der Waals surface area contributed by atoms with Crippen LogP contribution in [0.4, 0.5) is 4.39 Å². The van der Waals surface area contributed by atoms with E-state index in [9.17, 15) is 9.18 Å². The summed E-state index contributed by atoms with van der Waals surface area (Å²) < 4.78 is 14.5. The van der Waals surface area contributed by atoms with Crippen molar-refractivity contribution in [2.24, 2.45) is 5.92 Å². The van der Waals surface area contributed by atoms with Crippen LogP contribution in [-0.2, 0) is 0 Å². The van der Waals surface area contributed by atoms with Crippen molar-refractivity contribution in [3.8, 4) is 0 Å². The summed E-state index contributed by atoms with van der Waals surface area (Å²) in [6.45, 7) is 2.22. The number of amides is 1. The maximum absolute atomic E-state index is 13.9. The molecule has 0 heterocycles. The van der Waals surface area contributed by atoms with Gasteiger partial charge in [0.15, 0.2) is 0 Å². The molecule has 1 aromatic carbocycles. The van der Waals surface area contributed by atoms with E-state index >= 15 is 0 Å². The van der Waals surface area contributed by atoms with Gasteiger partial charge in [-0.25, -0.2) is 4.39 Å². The third-order valence-electron chi connectivity index (χ3n) is 4.42. The van der Waals surface area contributed by atoms with Crippen LogP contribution >= 0.6 is 15.9 Å². The Morgan fingerprint density at radius 1 is 1.35 bits per heavy atom. The molecule has 20 heavy (non-hydrogen) atoms. The lowest BCUT2D eigenvalue weighted by Gasteiger charge is -2.34. The Labute approximate surface area is 128 Å². The Morgan fingerprint density at radius 2 is 2.00 bits per heavy atom. The minimum atomic E-state index is -0.460. The third-order valence-corrected chi connectivity index (χ3v) is 4.92. The highest BCUT2D eigenvalue weighted by atomic mass is 79.9. The first-order valence-corrected chi connectivity index (χ1v) is 8.04. The van der Waals surface area contributed by atoms with Gasteiger partial charge in [0.05, 0.1) is 5.56 Å². The van der Waals surface area contributed by atoms with E-state index in [1.807, 2.05) is 0 Å². The van der Waals surface area contributed by atoms with Gasteiger partial charge in [0, 0.05) is 17.6 Å². The van der Waals surface area contributed by atoms with Gasteiger partial charge in [0.1, 0.15) is 5.82 Å². The molecule has 0 aromatic heterocycles. The number of benzene rings is 1. The molecule has 0 saturated heterocycles. The van der Waals surface area contributed by atoms with Crippen molar-refractivity contribution < 1.29 is 9.18 Å². The average Bonchev–Trinajstić information content (AvgIpc) is 2.46. The topological polar surface area (TPSA) is 20.3 Å². The van der Waals surface area contributed by atoms with Gasteiger partial charge in [-0.15, -0.1) is 0 Å². The molecule has 0 N–H and O–H groups in total. The molecule has 0 unspecified atom stereocenters. The second-order valence-electron chi connectivity index (χ2n) is 5.62. The van der Waals surface area contributed by atoms with Crippen LogP contribution in [-0.4, -0.2) is 23.9 Å². The Balaban J connectivity index is 2.05. The molecule has 1 saturated carbocycles. The molecule has 0 spiro atoms. The number of carbonyl (C=O) groups excluding carboxylic acids is 1. The number of rotatable bonds is 3. The Morgan fingerprint density at radius 3 is 2.55 bits per heavy atom. The molecule has 1 amide bonds. The predicted molar refractivity (Wildman–Crippen MR) is 82.2 cm³/mol. The van der Waals surface area contributed by atoms with Gasteiger partial charge in [-0.1, -0.05) is 29.3 Å². The molecular formula is C16H21BrFNO. The van der Waals surface area contributed by atoms with Crippen LogP contribution in [0.15, 0.2) is 22.7 Å². The minimum absolute atomic E-state index is 0.160. The van der Waals surface area contributed by atoms with Crippen molar-refractivity contribution in [1.29, 1.82) is 0 Å². The van der Waals surface area contributed by atoms with Crippen LogP contribution in [0.3, 0.4) is 0 Å². The van der Waals surface area contributed by atoms with Crippen molar-refractivity contribution >= 4 is 21.8 Å². The summed E-state index contributed by atoms with van der Waals surface area (Å²) in [4.78, 5) is 14.1. The molecule has 0 aliphatic heterocycles. The zero-order chi connectivity index (χ0) is 14.7. The zero-order valence-corrected chi connectivity index (χ0v) is 13.6. The molecule has 2 nitrogen and oxygen atoms in total. The minimum Gasteiger partial charge on any atom is -0.339 e. The summed E-state index contributed by atoms with van der Waals surface area (Å²) in [5, 5.41) is 0. The number of hydrogen-bond donors (Lipinski definition) is 0. The first-order chi connectivity index (χ1) is 9.52. The molecule has 1 fully saturated rings. The fourth-order valence-corrected chi connectivity index (χ4v) is 3.29. The van der Waals surface area contributed by atoms with Gasteiger partial charge in [0.25, 0.3) is 5.91 Å². The van der Waals surface area contributed by atoms with E-state index in [4.69, 9.17) is 0 Å². The fraction of sp³-hybridized carbons (Fsp3) is 0.562. The lowest BCUT2D eigenvalue weighted by Crippen LogP contribution is -2.39. The van der Waals surface area contributed by atoms with Gasteiger partial charge in [-0.3, -0.25) is 4.79 Å². The van der Waals surface area contributed by atoms with E-state index in [1.54, 1.807) is 24.1 Å². The summed E-state index contributed by atoms with van der Waals surface area (Å²) >= 11 is 3.21. The maximum Gasteiger partial charge on any atom is 0.256 e. The number of carbonyl (C=O) groups is 1. The molecule has 0 bridgehead atoms. The molecule has 4 heteroatoms. The highest BCUT2D eigenvalue weighted by molar-refractivity contribution is 9.10. The number of halogens is 2.